The van der Waals surface area contributed by atoms with Crippen LogP contribution in [-0.2, 0) is 9.53 Å². The van der Waals surface area contributed by atoms with Crippen molar-refractivity contribution in [1.29, 1.82) is 0 Å². The van der Waals surface area contributed by atoms with Crippen molar-refractivity contribution in [3.8, 4) is 17.2 Å². The number of carbonyl (C=O) groups excluding carboxylic acids is 2. The molecule has 162 valence electrons. The molecule has 1 heterocycles. The van der Waals surface area contributed by atoms with Gasteiger partial charge in [-0.1, -0.05) is 0 Å². The minimum atomic E-state index is -1.02. The molecule has 8 nitrogen and oxygen atoms in total. The van der Waals surface area contributed by atoms with E-state index in [1.54, 1.807) is 36.4 Å². The third-order valence-electron chi connectivity index (χ3n) is 4.95. The molecule has 0 bridgehead atoms. The molecule has 1 unspecified atom stereocenters. The Balaban J connectivity index is 2.11. The second kappa shape index (κ2) is 9.34. The van der Waals surface area contributed by atoms with Crippen molar-refractivity contribution in [2.75, 3.05) is 28.4 Å². The lowest BCUT2D eigenvalue weighted by molar-refractivity contribution is -0.142. The molecule has 0 aliphatic rings. The van der Waals surface area contributed by atoms with E-state index in [1.807, 2.05) is 0 Å². The summed E-state index contributed by atoms with van der Waals surface area (Å²) in [7, 11) is 5.62. The number of esters is 1. The molecule has 0 saturated heterocycles. The van der Waals surface area contributed by atoms with Crippen molar-refractivity contribution in [1.82, 2.24) is 0 Å². The van der Waals surface area contributed by atoms with Crippen LogP contribution in [0.4, 0.5) is 0 Å². The molecular formula is C23H22O8. The van der Waals surface area contributed by atoms with E-state index in [-0.39, 0.29) is 23.5 Å². The van der Waals surface area contributed by atoms with Crippen molar-refractivity contribution < 1.29 is 33.0 Å². The smallest absolute Gasteiger partial charge is 0.336 e. The van der Waals surface area contributed by atoms with Gasteiger partial charge in [-0.25, -0.2) is 4.79 Å². The second-order valence-electron chi connectivity index (χ2n) is 6.63. The summed E-state index contributed by atoms with van der Waals surface area (Å²) in [6.45, 7) is 0. The largest absolute Gasteiger partial charge is 0.497 e. The minimum absolute atomic E-state index is 0.121. The van der Waals surface area contributed by atoms with Crippen LogP contribution in [0.2, 0.25) is 0 Å². The van der Waals surface area contributed by atoms with Gasteiger partial charge in [0.25, 0.3) is 0 Å². The summed E-state index contributed by atoms with van der Waals surface area (Å²) >= 11 is 0. The van der Waals surface area contributed by atoms with Crippen molar-refractivity contribution in [2.24, 2.45) is 0 Å². The molecular weight excluding hydrogens is 404 g/mol. The fourth-order valence-electron chi connectivity index (χ4n) is 3.39. The molecule has 0 aliphatic carbocycles. The standard InChI is InChI=1S/C23H22O8/c1-27-14-7-5-13(6-8-14)18(24)11-17(23(26)30-4)16-12-20(25)31-21-15(16)9-10-19(28-2)22(21)29-3/h5-10,12,17H,11H2,1-4H3. The van der Waals surface area contributed by atoms with E-state index in [4.69, 9.17) is 23.4 Å². The van der Waals surface area contributed by atoms with Crippen LogP contribution < -0.4 is 19.8 Å². The molecule has 0 N–H and O–H groups in total. The highest BCUT2D eigenvalue weighted by Crippen LogP contribution is 2.38. The summed E-state index contributed by atoms with van der Waals surface area (Å²) in [5.41, 5.74) is 0.136. The van der Waals surface area contributed by atoms with Gasteiger partial charge in [-0.2, -0.15) is 0 Å². The molecule has 8 heteroatoms. The summed E-state index contributed by atoms with van der Waals surface area (Å²) < 4.78 is 26.0. The Hall–Kier alpha value is -3.81. The molecule has 0 radical (unpaired) electrons. The molecule has 2 aromatic carbocycles. The molecule has 3 aromatic rings. The molecule has 1 aromatic heterocycles. The van der Waals surface area contributed by atoms with E-state index in [1.165, 1.54) is 34.5 Å². The van der Waals surface area contributed by atoms with Crippen LogP contribution in [0.1, 0.15) is 28.3 Å². The van der Waals surface area contributed by atoms with Crippen LogP contribution in [0, 0.1) is 0 Å². The lowest BCUT2D eigenvalue weighted by atomic mass is 9.89. The SMILES string of the molecule is COC(=O)C(CC(=O)c1ccc(OC)cc1)c1cc(=O)oc2c(OC)c(OC)ccc12. The summed E-state index contributed by atoms with van der Waals surface area (Å²) in [5, 5.41) is 0.440. The number of Topliss-reactive ketones (excluding diaryl/α,β-unsaturated/α-hetero) is 1. The van der Waals surface area contributed by atoms with Gasteiger partial charge in [0, 0.05) is 23.4 Å². The van der Waals surface area contributed by atoms with E-state index in [0.717, 1.165) is 0 Å². The number of ketones is 1. The Morgan fingerprint density at radius 3 is 2.23 bits per heavy atom. The molecule has 31 heavy (non-hydrogen) atoms. The fourth-order valence-corrected chi connectivity index (χ4v) is 3.39. The van der Waals surface area contributed by atoms with Gasteiger partial charge in [0.2, 0.25) is 5.75 Å². The van der Waals surface area contributed by atoms with Crippen LogP contribution in [0.5, 0.6) is 17.2 Å². The number of methoxy groups -OCH3 is 4. The van der Waals surface area contributed by atoms with Gasteiger partial charge in [0.05, 0.1) is 34.4 Å². The predicted molar refractivity (Wildman–Crippen MR) is 112 cm³/mol. The Kier molecular flexibility index (Phi) is 6.59. The number of rotatable bonds is 8. The van der Waals surface area contributed by atoms with Gasteiger partial charge in [0.15, 0.2) is 17.1 Å². The molecule has 0 amide bonds. The number of fused-ring (bicyclic) bond motifs is 1. The first kappa shape index (κ1) is 21.9. The normalized spacial score (nSPS) is 11.6. The number of carbonyl (C=O) groups is 2. The summed E-state index contributed by atoms with van der Waals surface area (Å²) in [6.07, 6.45) is -0.202. The molecule has 1 atom stereocenters. The van der Waals surface area contributed by atoms with E-state index in [0.29, 0.717) is 28.0 Å². The maximum Gasteiger partial charge on any atom is 0.336 e. The quantitative estimate of drug-likeness (QED) is 0.307. The number of hydrogen-bond acceptors (Lipinski definition) is 8. The molecule has 0 spiro atoms. The Labute approximate surface area is 178 Å². The van der Waals surface area contributed by atoms with Gasteiger partial charge in [-0.05, 0) is 42.0 Å². The predicted octanol–water partition coefficient (Wildman–Crippen LogP) is 3.35. The average molecular weight is 426 g/mol. The first-order valence-corrected chi connectivity index (χ1v) is 9.37. The van der Waals surface area contributed by atoms with Crippen LogP contribution in [0.3, 0.4) is 0 Å². The maximum absolute atomic E-state index is 12.9. The van der Waals surface area contributed by atoms with Crippen molar-refractivity contribution >= 4 is 22.7 Å². The Morgan fingerprint density at radius 2 is 1.65 bits per heavy atom. The van der Waals surface area contributed by atoms with E-state index in [2.05, 4.69) is 0 Å². The average Bonchev–Trinajstić information content (AvgIpc) is 2.80. The lowest BCUT2D eigenvalue weighted by Crippen LogP contribution is -2.20. The highest BCUT2D eigenvalue weighted by Gasteiger charge is 2.29. The van der Waals surface area contributed by atoms with E-state index < -0.39 is 17.5 Å². The van der Waals surface area contributed by atoms with Crippen molar-refractivity contribution in [3.05, 3.63) is 64.0 Å². The maximum atomic E-state index is 12.9. The van der Waals surface area contributed by atoms with Gasteiger partial charge in [0.1, 0.15) is 5.75 Å². The number of hydrogen-bond donors (Lipinski definition) is 0. The lowest BCUT2D eigenvalue weighted by Gasteiger charge is -2.17. The third kappa shape index (κ3) is 4.37. The molecule has 0 saturated carbocycles. The van der Waals surface area contributed by atoms with E-state index >= 15 is 0 Å². The van der Waals surface area contributed by atoms with Gasteiger partial charge < -0.3 is 23.4 Å². The van der Waals surface area contributed by atoms with Gasteiger partial charge in [-0.3, -0.25) is 9.59 Å². The Bertz CT molecular complexity index is 1160. The first-order valence-electron chi connectivity index (χ1n) is 9.37. The third-order valence-corrected chi connectivity index (χ3v) is 4.95. The second-order valence-corrected chi connectivity index (χ2v) is 6.63. The fraction of sp³-hybridized carbons (Fsp3) is 0.261. The Morgan fingerprint density at radius 1 is 0.935 bits per heavy atom. The monoisotopic (exact) mass is 426 g/mol. The first-order chi connectivity index (χ1) is 14.9. The zero-order chi connectivity index (χ0) is 22.5. The topological polar surface area (TPSA) is 101 Å². The van der Waals surface area contributed by atoms with Crippen LogP contribution in [0.25, 0.3) is 11.0 Å². The zero-order valence-electron chi connectivity index (χ0n) is 17.6. The summed E-state index contributed by atoms with van der Waals surface area (Å²) in [4.78, 5) is 37.8. The number of benzene rings is 2. The molecule has 3 rings (SSSR count). The minimum Gasteiger partial charge on any atom is -0.497 e. The van der Waals surface area contributed by atoms with Gasteiger partial charge >= 0.3 is 11.6 Å². The van der Waals surface area contributed by atoms with Crippen molar-refractivity contribution in [3.63, 3.8) is 0 Å². The number of ether oxygens (including phenoxy) is 4. The van der Waals surface area contributed by atoms with Crippen LogP contribution in [-0.4, -0.2) is 40.2 Å². The van der Waals surface area contributed by atoms with Crippen LogP contribution >= 0.6 is 0 Å². The zero-order valence-corrected chi connectivity index (χ0v) is 17.6. The summed E-state index contributed by atoms with van der Waals surface area (Å²) in [5.74, 6) is -0.787. The van der Waals surface area contributed by atoms with Crippen LogP contribution in [0.15, 0.2) is 51.7 Å². The molecule has 0 aliphatic heterocycles. The van der Waals surface area contributed by atoms with Crippen molar-refractivity contribution in [2.45, 2.75) is 12.3 Å². The van der Waals surface area contributed by atoms with Gasteiger partial charge in [-0.15, -0.1) is 0 Å². The highest BCUT2D eigenvalue weighted by atomic mass is 16.5. The molecule has 0 fully saturated rings. The summed E-state index contributed by atoms with van der Waals surface area (Å²) in [6, 6.07) is 11.0. The van der Waals surface area contributed by atoms with E-state index in [9.17, 15) is 14.4 Å². The highest BCUT2D eigenvalue weighted by molar-refractivity contribution is 6.01.